The van der Waals surface area contributed by atoms with Crippen LogP contribution in [0.3, 0.4) is 0 Å². The number of hydrogen-bond donors (Lipinski definition) is 6. The Balaban J connectivity index is 0.679. The summed E-state index contributed by atoms with van der Waals surface area (Å²) in [6.07, 6.45) is 19.4. The first-order chi connectivity index (χ1) is 65.3. The predicted molar refractivity (Wildman–Crippen MR) is 494 cm³/mol. The largest absolute Gasteiger partial charge is 0.508 e. The van der Waals surface area contributed by atoms with Crippen molar-refractivity contribution in [1.82, 2.24) is 0 Å². The van der Waals surface area contributed by atoms with Crippen molar-refractivity contribution < 1.29 is 116 Å². The topological polar surface area (TPSA) is 350 Å². The van der Waals surface area contributed by atoms with Crippen LogP contribution in [0.5, 0.6) is 34.5 Å². The third kappa shape index (κ3) is 17.1. The summed E-state index contributed by atoms with van der Waals surface area (Å²) in [7, 11) is 2.80. The van der Waals surface area contributed by atoms with Gasteiger partial charge in [-0.1, -0.05) is 76.2 Å². The lowest BCUT2D eigenvalue weighted by atomic mass is 9.49. The number of hydrogen-bond acceptors (Lipinski definition) is 24. The molecule has 0 radical (unpaired) electrons. The number of aliphatic hydroxyl groups is 2. The van der Waals surface area contributed by atoms with E-state index in [1.165, 1.54) is 113 Å². The number of aromatic hydroxyl groups is 4. The summed E-state index contributed by atoms with van der Waals surface area (Å²) in [6.45, 7) is 5.27. The fraction of sp³-hybridized carbons (Fsp3) is 0.500. The second-order valence-corrected chi connectivity index (χ2v) is 44.3. The molecule has 8 aromatic rings. The highest BCUT2D eigenvalue weighted by Gasteiger charge is 2.59. The number of methoxy groups -OCH3 is 2. The van der Waals surface area contributed by atoms with E-state index < -0.39 is 111 Å². The number of benzene rings is 8. The maximum Gasteiger partial charge on any atom is 0.344 e. The van der Waals surface area contributed by atoms with Crippen LogP contribution in [0.15, 0.2) is 146 Å². The molecule has 712 valence electrons. The Morgan fingerprint density at radius 2 is 0.485 bits per heavy atom. The van der Waals surface area contributed by atoms with Crippen LogP contribution in [0.2, 0.25) is 0 Å². The van der Waals surface area contributed by atoms with Crippen LogP contribution in [0.4, 0.5) is 0 Å². The van der Waals surface area contributed by atoms with E-state index in [1.807, 2.05) is 0 Å². The molecule has 16 saturated carbocycles. The number of phenols is 4. The molecule has 0 heterocycles. The number of rotatable bonds is 24. The van der Waals surface area contributed by atoms with E-state index in [-0.39, 0.29) is 206 Å². The lowest BCUT2D eigenvalue weighted by molar-refractivity contribution is -0.182. The van der Waals surface area contributed by atoms with Gasteiger partial charge in [0.2, 0.25) is 0 Å². The molecule has 17 aliphatic carbocycles. The molecule has 0 saturated heterocycles. The highest BCUT2D eigenvalue weighted by Crippen LogP contribution is 2.66. The average Bonchev–Trinajstić information content (AvgIpc) is 0.670. The van der Waals surface area contributed by atoms with E-state index in [0.717, 1.165) is 103 Å². The summed E-state index contributed by atoms with van der Waals surface area (Å²) >= 11 is 0. The van der Waals surface area contributed by atoms with E-state index in [4.69, 9.17) is 47.4 Å². The van der Waals surface area contributed by atoms with Gasteiger partial charge in [0.05, 0.1) is 49.7 Å². The highest BCUT2D eigenvalue weighted by molar-refractivity contribution is 5.93. The summed E-state index contributed by atoms with van der Waals surface area (Å²) in [6, 6.07) is 37.4. The predicted octanol–water partition coefficient (Wildman–Crippen LogP) is 18.2. The molecule has 0 amide bonds. The molecule has 25 rings (SSSR count). The molecular weight excluding hydrogens is 1730 g/mol. The zero-order valence-electron chi connectivity index (χ0n) is 77.8. The third-order valence-corrected chi connectivity index (χ3v) is 34.4. The van der Waals surface area contributed by atoms with Gasteiger partial charge >= 0.3 is 47.8 Å². The molecule has 8 aromatic carbocycles. The average molecular weight is 1850 g/mol. The molecule has 6 N–H and O–H groups in total. The van der Waals surface area contributed by atoms with Crippen molar-refractivity contribution >= 4 is 47.8 Å². The van der Waals surface area contributed by atoms with Crippen LogP contribution in [-0.4, -0.2) is 143 Å². The number of fused-ring (bicyclic) bond motifs is 8. The Labute approximate surface area is 790 Å². The molecular formula is C112H120O24. The van der Waals surface area contributed by atoms with Crippen LogP contribution in [0.1, 0.15) is 299 Å². The van der Waals surface area contributed by atoms with Gasteiger partial charge in [-0.15, -0.1) is 0 Å². The number of esters is 8. The van der Waals surface area contributed by atoms with E-state index in [1.54, 1.807) is 72.8 Å². The van der Waals surface area contributed by atoms with Gasteiger partial charge in [0.15, 0.2) is 26.4 Å². The zero-order valence-corrected chi connectivity index (χ0v) is 77.8. The minimum absolute atomic E-state index is 0.0358. The second-order valence-electron chi connectivity index (χ2n) is 44.3. The summed E-state index contributed by atoms with van der Waals surface area (Å²) in [5.41, 5.74) is 4.44. The van der Waals surface area contributed by atoms with E-state index >= 15 is 0 Å². The van der Waals surface area contributed by atoms with Crippen LogP contribution < -0.4 is 9.47 Å². The van der Waals surface area contributed by atoms with Gasteiger partial charge < -0.3 is 78.0 Å². The summed E-state index contributed by atoms with van der Waals surface area (Å²) < 4.78 is 60.3. The molecule has 16 fully saturated rings. The quantitative estimate of drug-likeness (QED) is 0.0242. The van der Waals surface area contributed by atoms with Crippen LogP contribution in [0.25, 0.3) is 0 Å². The lowest BCUT2D eigenvalue weighted by Gasteiger charge is -2.58. The van der Waals surface area contributed by atoms with E-state index in [2.05, 4.69) is 27.7 Å². The zero-order chi connectivity index (χ0) is 94.4. The number of aliphatic hydroxyl groups excluding tert-OH is 2. The van der Waals surface area contributed by atoms with Crippen molar-refractivity contribution in [1.29, 1.82) is 0 Å². The number of ether oxygens (including phenoxy) is 10. The number of carbonyl (C=O) groups is 8. The first-order valence-electron chi connectivity index (χ1n) is 48.9. The smallest absolute Gasteiger partial charge is 0.344 e. The van der Waals surface area contributed by atoms with Crippen LogP contribution in [-0.2, 0) is 70.3 Å². The van der Waals surface area contributed by atoms with Crippen LogP contribution >= 0.6 is 0 Å². The fourth-order valence-electron chi connectivity index (χ4n) is 30.3. The van der Waals surface area contributed by atoms with Gasteiger partial charge in [-0.2, -0.15) is 0 Å². The molecule has 0 aromatic heterocycles. The SMILES string of the molecule is COc1cc(O)c2cc1C(c1ccc(C(=O)OCC(=O)OC3C4CC5CC3CC(C)(C5)C4)cc1)c1cc(c(OC)cc1O)C(c1ccc(C(=O)OCC(=O)OC3C4CC5CC3CC(C)(C5)C4)cc1)c1cc(c(CO)cc1O)C(c1ccc(C(=O)OCC(=O)OC3C4CC5CC3CC(C)(C5)C4)cc1)c1cc(c(CO)cc1O)C2c1ccc(C(=O)OCC(=O)OC2C3CC4CC2CC(C)(C4)C3)cc1. The normalized spacial score (nSPS) is 32.2. The van der Waals surface area contributed by atoms with Crippen molar-refractivity contribution in [3.05, 3.63) is 246 Å². The van der Waals surface area contributed by atoms with Crippen molar-refractivity contribution in [2.75, 3.05) is 40.6 Å². The van der Waals surface area contributed by atoms with Gasteiger partial charge in [0.1, 0.15) is 58.9 Å². The van der Waals surface area contributed by atoms with Gasteiger partial charge in [-0.05, 0) is 351 Å². The molecule has 12 atom stereocenters. The summed E-state index contributed by atoms with van der Waals surface area (Å²) in [5.74, 6) is -7.90. The van der Waals surface area contributed by atoms with E-state index in [0.29, 0.717) is 45.9 Å². The number of carbonyl (C=O) groups excluding carboxylic acids is 8. The standard InChI is InChI=1S/C112H120O24/c1-109-39-57-23-69(43-109)101(70(24-57)44-109)133-93(119)53-129-105(123)65-15-7-61(8-16-65)97-80-34-82(88(116)32-78(80)52-114)99(63-11-19-67(20-12-63)107(125)131-55-95(121)135-103-73-27-59-28-74(103)48-111(3,41-59)47-73)86-36-84(90(118)38-92(86)128-6)100(64-13-21-68(22-14-64)108(126)132-56-96(122)136-104-75-29-60-30-76(104)50-112(4,42-60)49-75)85-35-83(89(117)37-91(85)127-5)98(79-33-81(97)87(115)31-77(79)51-113)62-9-17-66(18-10-62)106(124)130-54-94(120)134-102-71-25-58-26-72(102)46-110(2,40-58)45-71/h7-22,31-38,57-60,69-76,97-104,113-118H,23-30,39-56H2,1-6H3. The molecule has 136 heavy (non-hydrogen) atoms. The van der Waals surface area contributed by atoms with Gasteiger partial charge in [0.25, 0.3) is 0 Å². The van der Waals surface area contributed by atoms with Crippen molar-refractivity contribution in [3.8, 4) is 34.5 Å². The Bertz CT molecular complexity index is 5280. The molecule has 0 spiro atoms. The van der Waals surface area contributed by atoms with Crippen molar-refractivity contribution in [2.45, 2.75) is 217 Å². The summed E-state index contributed by atoms with van der Waals surface area (Å²) in [5, 5.41) is 76.7. The van der Waals surface area contributed by atoms with Crippen molar-refractivity contribution in [2.24, 2.45) is 92.7 Å². The maximum atomic E-state index is 14.4. The lowest BCUT2D eigenvalue weighted by Crippen LogP contribution is -2.54. The molecule has 24 heteroatoms. The van der Waals surface area contributed by atoms with Gasteiger partial charge in [-0.3, -0.25) is 0 Å². The highest BCUT2D eigenvalue weighted by atomic mass is 16.6. The molecule has 0 aliphatic heterocycles. The Hall–Kier alpha value is -11.8. The number of phenolic OH excluding ortho intramolecular Hbond substituents is 4. The molecule has 12 unspecified atom stereocenters. The first-order valence-corrected chi connectivity index (χ1v) is 48.9. The Morgan fingerprint density at radius 1 is 0.279 bits per heavy atom. The molecule has 24 nitrogen and oxygen atoms in total. The Morgan fingerprint density at radius 3 is 0.691 bits per heavy atom. The minimum atomic E-state index is -1.25. The van der Waals surface area contributed by atoms with Crippen molar-refractivity contribution in [3.63, 3.8) is 0 Å². The molecule has 17 aliphatic rings. The molecule has 24 bridgehead atoms. The summed E-state index contributed by atoms with van der Waals surface area (Å²) in [4.78, 5) is 112. The minimum Gasteiger partial charge on any atom is -0.508 e. The monoisotopic (exact) mass is 1850 g/mol. The van der Waals surface area contributed by atoms with Gasteiger partial charge in [0, 0.05) is 69.2 Å². The first kappa shape index (κ1) is 90.7. The third-order valence-electron chi connectivity index (χ3n) is 34.4. The van der Waals surface area contributed by atoms with E-state index in [9.17, 15) is 69.0 Å². The van der Waals surface area contributed by atoms with Crippen LogP contribution in [0, 0.1) is 92.7 Å². The Kier molecular flexibility index (Phi) is 23.6. The second kappa shape index (κ2) is 35.4. The fourth-order valence-corrected chi connectivity index (χ4v) is 30.3. The van der Waals surface area contributed by atoms with Gasteiger partial charge in [-0.25, -0.2) is 38.4 Å². The maximum absolute atomic E-state index is 14.4.